The summed E-state index contributed by atoms with van der Waals surface area (Å²) in [5.74, 6) is -4.61. The SMILES string of the molecule is COc1c2c(c(O)c3c4c(c(C)cc13)[C@@H]1O[C@@]3(C(OC)OC)O[C@@H]1[C@@](O)(O4)[C@@]31CO1)C(=O)CC[C@@H]2O[C@H]1C[C@@](C)(O)[C@H](OC(C)=O)[C@H](C)O1. The van der Waals surface area contributed by atoms with Crippen molar-refractivity contribution in [2.45, 2.75) is 113 Å². The van der Waals surface area contributed by atoms with Gasteiger partial charge in [-0.3, -0.25) is 9.59 Å². The Morgan fingerprint density at radius 3 is 2.45 bits per heavy atom. The fourth-order valence-corrected chi connectivity index (χ4v) is 8.83. The summed E-state index contributed by atoms with van der Waals surface area (Å²) >= 11 is 0. The van der Waals surface area contributed by atoms with E-state index in [1.807, 2.05) is 6.92 Å². The quantitative estimate of drug-likeness (QED) is 0.218. The lowest BCUT2D eigenvalue weighted by atomic mass is 9.78. The van der Waals surface area contributed by atoms with Gasteiger partial charge in [0.05, 0.1) is 36.9 Å². The third-order valence-corrected chi connectivity index (χ3v) is 10.9. The summed E-state index contributed by atoms with van der Waals surface area (Å²) in [4.78, 5) is 25.3. The van der Waals surface area contributed by atoms with E-state index in [0.29, 0.717) is 22.1 Å². The fraction of sp³-hybridized carbons (Fsp3) is 0.647. The van der Waals surface area contributed by atoms with Crippen molar-refractivity contribution in [2.24, 2.45) is 0 Å². The molecule has 6 aliphatic rings. The minimum atomic E-state index is -2.07. The molecule has 49 heavy (non-hydrogen) atoms. The van der Waals surface area contributed by atoms with E-state index in [0.717, 1.165) is 0 Å². The second-order valence-corrected chi connectivity index (χ2v) is 13.9. The van der Waals surface area contributed by atoms with Crippen LogP contribution in [-0.2, 0) is 42.7 Å². The van der Waals surface area contributed by atoms with Crippen LogP contribution in [0.15, 0.2) is 6.07 Å². The Morgan fingerprint density at radius 2 is 1.84 bits per heavy atom. The van der Waals surface area contributed by atoms with Crippen molar-refractivity contribution in [1.29, 1.82) is 0 Å². The minimum Gasteiger partial charge on any atom is -0.506 e. The van der Waals surface area contributed by atoms with Gasteiger partial charge in [0.2, 0.25) is 11.9 Å². The number of esters is 1. The molecule has 0 amide bonds. The van der Waals surface area contributed by atoms with Gasteiger partial charge in [0.15, 0.2) is 24.3 Å². The molecule has 15 heteroatoms. The molecule has 0 aromatic heterocycles. The Kier molecular flexibility index (Phi) is 7.21. The summed E-state index contributed by atoms with van der Waals surface area (Å²) < 4.78 is 60.0. The largest absolute Gasteiger partial charge is 0.506 e. The number of methoxy groups -OCH3 is 3. The van der Waals surface area contributed by atoms with E-state index in [4.69, 9.17) is 47.4 Å². The zero-order chi connectivity index (χ0) is 35.0. The van der Waals surface area contributed by atoms with Gasteiger partial charge in [0.1, 0.15) is 29.0 Å². The minimum absolute atomic E-state index is 0.0134. The summed E-state index contributed by atoms with van der Waals surface area (Å²) in [6.07, 6.45) is -6.07. The van der Waals surface area contributed by atoms with Gasteiger partial charge in [0.25, 0.3) is 11.6 Å². The van der Waals surface area contributed by atoms with Crippen LogP contribution in [0.2, 0.25) is 0 Å². The predicted molar refractivity (Wildman–Crippen MR) is 163 cm³/mol. The van der Waals surface area contributed by atoms with Gasteiger partial charge in [0, 0.05) is 50.5 Å². The van der Waals surface area contributed by atoms with E-state index in [9.17, 15) is 24.9 Å². The zero-order valence-electron chi connectivity index (χ0n) is 28.2. The number of benzene rings is 2. The molecule has 1 aliphatic carbocycles. The highest BCUT2D eigenvalue weighted by molar-refractivity contribution is 6.12. The lowest BCUT2D eigenvalue weighted by Gasteiger charge is -2.47. The molecular formula is C34H40O15. The third-order valence-electron chi connectivity index (χ3n) is 10.9. The van der Waals surface area contributed by atoms with Crippen LogP contribution >= 0.6 is 0 Å². The van der Waals surface area contributed by atoms with Crippen LogP contribution in [0.3, 0.4) is 0 Å². The second kappa shape index (κ2) is 10.7. The molecule has 5 aliphatic heterocycles. The highest BCUT2D eigenvalue weighted by Gasteiger charge is 2.92. The molecule has 1 spiro atoms. The van der Waals surface area contributed by atoms with Crippen molar-refractivity contribution in [3.63, 3.8) is 0 Å². The number of fused-ring (bicyclic) bond motifs is 8. The molecule has 10 atom stereocenters. The molecule has 0 radical (unpaired) electrons. The summed E-state index contributed by atoms with van der Waals surface area (Å²) in [6.45, 7) is 6.33. The number of hydrogen-bond acceptors (Lipinski definition) is 15. The molecule has 2 aromatic rings. The van der Waals surface area contributed by atoms with Crippen molar-refractivity contribution in [3.05, 3.63) is 28.3 Å². The van der Waals surface area contributed by atoms with Crippen molar-refractivity contribution in [3.8, 4) is 17.2 Å². The molecule has 4 fully saturated rings. The van der Waals surface area contributed by atoms with Gasteiger partial charge in [-0.15, -0.1) is 0 Å². The molecule has 8 rings (SSSR count). The van der Waals surface area contributed by atoms with Gasteiger partial charge >= 0.3 is 5.97 Å². The number of aryl methyl sites for hydroxylation is 1. The number of aliphatic hydroxyl groups is 2. The Labute approximate surface area is 281 Å². The van der Waals surface area contributed by atoms with E-state index >= 15 is 0 Å². The van der Waals surface area contributed by atoms with E-state index < -0.39 is 71.8 Å². The fourth-order valence-electron chi connectivity index (χ4n) is 8.83. The normalized spacial score (nSPS) is 40.0. The van der Waals surface area contributed by atoms with E-state index in [1.54, 1.807) is 19.9 Å². The number of carbonyl (C=O) groups is 2. The number of Topliss-reactive ketones (excluding diaryl/α,β-unsaturated/α-hetero) is 1. The monoisotopic (exact) mass is 688 g/mol. The Hall–Kier alpha value is -3.12. The molecule has 4 saturated heterocycles. The molecule has 0 unspecified atom stereocenters. The number of ether oxygens (including phenoxy) is 10. The van der Waals surface area contributed by atoms with Gasteiger partial charge in [-0.2, -0.15) is 0 Å². The smallest absolute Gasteiger partial charge is 0.303 e. The first-order valence-corrected chi connectivity index (χ1v) is 16.3. The van der Waals surface area contributed by atoms with E-state index in [1.165, 1.54) is 28.3 Å². The number of phenolic OH excluding ortho intramolecular Hbond substituents is 1. The van der Waals surface area contributed by atoms with Crippen molar-refractivity contribution in [2.75, 3.05) is 27.9 Å². The molecule has 15 nitrogen and oxygen atoms in total. The standard InChI is InChI=1S/C34H40O15/c1-13-10-16-21(26-20(13)27-29-33(39,47-26)32(12-43-32)34(48-27,49-29)30(41-6)42-7)24(37)22-17(36)8-9-18(23(22)25(16)40-5)46-19-11-31(4,38)28(14(2)44-19)45-15(3)35/h10,14,18-19,27-30,37-39H,8-9,11-12H2,1-7H3/t14-,18-,19-,27-,28+,29-,31+,32-,33+,34-/m0/s1. The number of phenols is 1. The van der Waals surface area contributed by atoms with E-state index in [2.05, 4.69) is 0 Å². The maximum atomic E-state index is 13.6. The van der Waals surface area contributed by atoms with Crippen LogP contribution in [0.5, 0.6) is 17.2 Å². The topological polar surface area (TPSA) is 190 Å². The van der Waals surface area contributed by atoms with Crippen molar-refractivity contribution < 1.29 is 72.3 Å². The third kappa shape index (κ3) is 4.16. The van der Waals surface area contributed by atoms with Gasteiger partial charge in [-0.05, 0) is 38.8 Å². The van der Waals surface area contributed by atoms with Crippen LogP contribution < -0.4 is 9.47 Å². The summed E-state index contributed by atoms with van der Waals surface area (Å²) in [7, 11) is 4.30. The average Bonchev–Trinajstić information content (AvgIpc) is 3.71. The van der Waals surface area contributed by atoms with Crippen LogP contribution in [-0.4, -0.2) is 109 Å². The number of carbonyl (C=O) groups excluding carboxylic acids is 2. The lowest BCUT2D eigenvalue weighted by Crippen LogP contribution is -2.69. The molecular weight excluding hydrogens is 648 g/mol. The summed E-state index contributed by atoms with van der Waals surface area (Å²) in [5.41, 5.74) is -1.48. The average molecular weight is 689 g/mol. The highest BCUT2D eigenvalue weighted by Crippen LogP contribution is 2.71. The van der Waals surface area contributed by atoms with Crippen molar-refractivity contribution in [1.82, 2.24) is 0 Å². The van der Waals surface area contributed by atoms with Crippen LogP contribution in [0.1, 0.15) is 79.3 Å². The zero-order valence-corrected chi connectivity index (χ0v) is 28.2. The molecule has 2 bridgehead atoms. The maximum Gasteiger partial charge on any atom is 0.303 e. The van der Waals surface area contributed by atoms with Crippen LogP contribution in [0.4, 0.5) is 0 Å². The van der Waals surface area contributed by atoms with E-state index in [-0.39, 0.29) is 59.9 Å². The van der Waals surface area contributed by atoms with Crippen LogP contribution in [0.25, 0.3) is 10.8 Å². The first kappa shape index (κ1) is 33.0. The molecule has 3 N–H and O–H groups in total. The Morgan fingerprint density at radius 1 is 1.12 bits per heavy atom. The molecule has 5 heterocycles. The van der Waals surface area contributed by atoms with Gasteiger partial charge in [-0.25, -0.2) is 0 Å². The van der Waals surface area contributed by atoms with Gasteiger partial charge in [-0.1, -0.05) is 0 Å². The number of epoxide rings is 1. The lowest BCUT2D eigenvalue weighted by molar-refractivity contribution is -0.344. The first-order chi connectivity index (χ1) is 23.2. The first-order valence-electron chi connectivity index (χ1n) is 16.3. The number of aromatic hydroxyl groups is 1. The van der Waals surface area contributed by atoms with Crippen LogP contribution in [0, 0.1) is 6.92 Å². The number of rotatable bonds is 7. The second-order valence-electron chi connectivity index (χ2n) is 13.9. The molecule has 266 valence electrons. The highest BCUT2D eigenvalue weighted by atomic mass is 16.9. The maximum absolute atomic E-state index is 13.6. The number of hydrogen-bond donors (Lipinski definition) is 3. The molecule has 2 aromatic carbocycles. The number of ketones is 1. The van der Waals surface area contributed by atoms with Crippen molar-refractivity contribution >= 4 is 22.5 Å². The predicted octanol–water partition coefficient (Wildman–Crippen LogP) is 2.35. The molecule has 0 saturated carbocycles. The van der Waals surface area contributed by atoms with Gasteiger partial charge < -0.3 is 62.7 Å². The summed E-state index contributed by atoms with van der Waals surface area (Å²) in [6, 6.07) is 1.79. The Bertz CT molecular complexity index is 1760. The summed E-state index contributed by atoms with van der Waals surface area (Å²) in [5, 5.41) is 36.0. The Balaban J connectivity index is 1.24.